The first kappa shape index (κ1) is 26.7. The summed E-state index contributed by atoms with van der Waals surface area (Å²) >= 11 is 0. The normalized spacial score (nSPS) is 22.0. The van der Waals surface area contributed by atoms with Gasteiger partial charge in [-0.05, 0) is 42.9 Å². The Labute approximate surface area is 209 Å². The van der Waals surface area contributed by atoms with Crippen molar-refractivity contribution >= 4 is 31.2 Å². The quantitative estimate of drug-likeness (QED) is 0.240. The van der Waals surface area contributed by atoms with E-state index in [2.05, 4.69) is 81.1 Å². The summed E-state index contributed by atoms with van der Waals surface area (Å²) in [7, 11) is -7.10. The molecular formula is C29H40O2SSi2. The molecule has 2 aromatic rings. The van der Waals surface area contributed by atoms with Crippen LogP contribution in [-0.4, -0.2) is 29.8 Å². The smallest absolute Gasteiger partial charge is 0.182 e. The van der Waals surface area contributed by atoms with Crippen LogP contribution < -0.4 is 5.19 Å². The fraction of sp³-hybridized carbons (Fsp3) is 0.448. The molecule has 0 radical (unpaired) electrons. The van der Waals surface area contributed by atoms with E-state index in [0.29, 0.717) is 16.9 Å². The molecule has 5 heteroatoms. The first-order chi connectivity index (χ1) is 15.9. The molecule has 0 saturated heterocycles. The lowest BCUT2D eigenvalue weighted by Crippen LogP contribution is -2.50. The van der Waals surface area contributed by atoms with Crippen LogP contribution in [0.25, 0.3) is 0 Å². The molecule has 0 heterocycles. The molecule has 1 saturated carbocycles. The minimum absolute atomic E-state index is 0.0293. The van der Waals surface area contributed by atoms with E-state index in [0.717, 1.165) is 18.4 Å². The molecule has 4 atom stereocenters. The molecule has 0 N–H and O–H groups in total. The molecular weight excluding hydrogens is 469 g/mol. The number of benzene rings is 2. The Hall–Kier alpha value is -1.88. The Balaban J connectivity index is 2.13. The van der Waals surface area contributed by atoms with Crippen LogP contribution in [0.5, 0.6) is 0 Å². The number of allylic oxidation sites excluding steroid dienone is 1. The van der Waals surface area contributed by atoms with Gasteiger partial charge >= 0.3 is 0 Å². The summed E-state index contributed by atoms with van der Waals surface area (Å²) in [6.45, 7) is 17.6. The van der Waals surface area contributed by atoms with Crippen molar-refractivity contribution in [2.24, 2.45) is 11.8 Å². The van der Waals surface area contributed by atoms with Crippen LogP contribution in [0.4, 0.5) is 0 Å². The van der Waals surface area contributed by atoms with E-state index in [4.69, 9.17) is 0 Å². The molecule has 1 fully saturated rings. The number of hydrogen-bond acceptors (Lipinski definition) is 2. The fourth-order valence-electron chi connectivity index (χ4n) is 5.56. The Morgan fingerprint density at radius 3 is 2.18 bits per heavy atom. The highest BCUT2D eigenvalue weighted by atomic mass is 32.2. The van der Waals surface area contributed by atoms with Crippen LogP contribution in [-0.2, 0) is 9.84 Å². The van der Waals surface area contributed by atoms with Gasteiger partial charge in [0.1, 0.15) is 8.07 Å². The molecule has 2 nitrogen and oxygen atoms in total. The highest BCUT2D eigenvalue weighted by Gasteiger charge is 2.51. The van der Waals surface area contributed by atoms with E-state index < -0.39 is 31.2 Å². The monoisotopic (exact) mass is 508 g/mol. The van der Waals surface area contributed by atoms with Gasteiger partial charge in [0.25, 0.3) is 0 Å². The minimum atomic E-state index is -3.55. The molecule has 0 aliphatic heterocycles. The summed E-state index contributed by atoms with van der Waals surface area (Å²) in [6, 6.07) is 18.1. The third kappa shape index (κ3) is 5.84. The van der Waals surface area contributed by atoms with Crippen molar-refractivity contribution in [1.82, 2.24) is 0 Å². The van der Waals surface area contributed by atoms with Crippen LogP contribution in [0.3, 0.4) is 0 Å². The second kappa shape index (κ2) is 10.4. The summed E-state index contributed by atoms with van der Waals surface area (Å²) in [4.78, 5) is 0.422. The highest BCUT2D eigenvalue weighted by Crippen LogP contribution is 2.51. The second-order valence-electron chi connectivity index (χ2n) is 11.4. The molecule has 0 bridgehead atoms. The van der Waals surface area contributed by atoms with Crippen molar-refractivity contribution in [3.8, 4) is 11.5 Å². The van der Waals surface area contributed by atoms with Gasteiger partial charge in [-0.15, -0.1) is 18.0 Å². The van der Waals surface area contributed by atoms with Crippen molar-refractivity contribution in [2.75, 3.05) is 0 Å². The van der Waals surface area contributed by atoms with Crippen molar-refractivity contribution in [3.05, 3.63) is 72.8 Å². The molecule has 1 aliphatic rings. The number of hydrogen-bond donors (Lipinski definition) is 0. The maximum absolute atomic E-state index is 14.2. The summed E-state index contributed by atoms with van der Waals surface area (Å²) < 4.78 is 28.4. The highest BCUT2D eigenvalue weighted by molar-refractivity contribution is 7.92. The SMILES string of the molecule is C=C[C@H]1CC[C@H]([Si](C)(C)c2ccccc2)[C@H]1C(CC#C[Si](C)(C)C)S(=O)(=O)c1ccc(C)cc1. The Kier molecular flexibility index (Phi) is 8.17. The van der Waals surface area contributed by atoms with Gasteiger partial charge in [0.15, 0.2) is 9.84 Å². The maximum Gasteiger partial charge on any atom is 0.182 e. The van der Waals surface area contributed by atoms with Gasteiger partial charge in [-0.25, -0.2) is 8.42 Å². The third-order valence-electron chi connectivity index (χ3n) is 7.46. The zero-order valence-electron chi connectivity index (χ0n) is 21.6. The Morgan fingerprint density at radius 2 is 1.62 bits per heavy atom. The zero-order valence-corrected chi connectivity index (χ0v) is 24.5. The van der Waals surface area contributed by atoms with E-state index >= 15 is 0 Å². The average Bonchev–Trinajstić information content (AvgIpc) is 3.21. The predicted octanol–water partition coefficient (Wildman–Crippen LogP) is 6.61. The average molecular weight is 509 g/mol. The van der Waals surface area contributed by atoms with Crippen LogP contribution in [0.15, 0.2) is 72.1 Å². The first-order valence-corrected chi connectivity index (χ1v) is 20.5. The molecule has 0 spiro atoms. The van der Waals surface area contributed by atoms with Gasteiger partial charge in [-0.1, -0.05) is 98.4 Å². The topological polar surface area (TPSA) is 34.1 Å². The number of sulfone groups is 1. The molecule has 0 aromatic heterocycles. The second-order valence-corrected chi connectivity index (χ2v) is 23.1. The Bertz CT molecular complexity index is 1150. The molecule has 1 aliphatic carbocycles. The van der Waals surface area contributed by atoms with Gasteiger partial charge < -0.3 is 0 Å². The standard InChI is InChI=1S/C29H40O2SSi2/c1-8-24-18-21-28(34(6,7)26-13-10-9-11-14-26)29(24)27(15-12-22-33(3,4)5)32(30,31)25-19-16-23(2)17-20-25/h8-11,13-14,16-17,19-20,24,27-29H,1,15,18,21H2,2-7H3/t24-,27?,28-,29+/m0/s1. The van der Waals surface area contributed by atoms with Crippen molar-refractivity contribution < 1.29 is 8.42 Å². The van der Waals surface area contributed by atoms with Gasteiger partial charge in [-0.3, -0.25) is 0 Å². The summed E-state index contributed by atoms with van der Waals surface area (Å²) in [5, 5.41) is 0.874. The fourth-order valence-corrected chi connectivity index (χ4v) is 12.1. The van der Waals surface area contributed by atoms with E-state index in [9.17, 15) is 8.42 Å². The van der Waals surface area contributed by atoms with E-state index in [1.165, 1.54) is 5.19 Å². The van der Waals surface area contributed by atoms with Gasteiger partial charge in [-0.2, -0.15) is 0 Å². The molecule has 1 unspecified atom stereocenters. The van der Waals surface area contributed by atoms with Crippen molar-refractivity contribution in [1.29, 1.82) is 0 Å². The van der Waals surface area contributed by atoms with Gasteiger partial charge in [0, 0.05) is 6.42 Å². The number of aryl methyl sites for hydroxylation is 1. The Morgan fingerprint density at radius 1 is 1.00 bits per heavy atom. The van der Waals surface area contributed by atoms with Crippen LogP contribution in [0.1, 0.15) is 24.8 Å². The summed E-state index contributed by atoms with van der Waals surface area (Å²) in [5.74, 6) is 3.58. The lowest BCUT2D eigenvalue weighted by Gasteiger charge is -2.39. The lowest BCUT2D eigenvalue weighted by atomic mass is 9.91. The van der Waals surface area contributed by atoms with Gasteiger partial charge in [0.05, 0.1) is 18.2 Å². The molecule has 0 amide bonds. The first-order valence-electron chi connectivity index (χ1n) is 12.4. The van der Waals surface area contributed by atoms with Crippen molar-refractivity contribution in [2.45, 2.75) is 74.6 Å². The predicted molar refractivity (Wildman–Crippen MR) is 152 cm³/mol. The van der Waals surface area contributed by atoms with E-state index in [1.54, 1.807) is 12.1 Å². The van der Waals surface area contributed by atoms with E-state index in [-0.39, 0.29) is 11.8 Å². The maximum atomic E-state index is 14.2. The summed E-state index contributed by atoms with van der Waals surface area (Å²) in [5.41, 5.74) is 4.86. The van der Waals surface area contributed by atoms with Crippen LogP contribution >= 0.6 is 0 Å². The number of rotatable bonds is 7. The zero-order chi connectivity index (χ0) is 25.1. The van der Waals surface area contributed by atoms with Crippen LogP contribution in [0, 0.1) is 30.2 Å². The third-order valence-corrected chi connectivity index (χ3v) is 14.9. The molecule has 2 aromatic carbocycles. The molecule has 182 valence electrons. The lowest BCUT2D eigenvalue weighted by molar-refractivity contribution is 0.419. The van der Waals surface area contributed by atoms with E-state index in [1.807, 2.05) is 25.1 Å². The van der Waals surface area contributed by atoms with Crippen molar-refractivity contribution in [3.63, 3.8) is 0 Å². The van der Waals surface area contributed by atoms with Crippen LogP contribution in [0.2, 0.25) is 38.3 Å². The summed E-state index contributed by atoms with van der Waals surface area (Å²) in [6.07, 6.45) is 4.47. The molecule has 3 rings (SSSR count). The molecule has 34 heavy (non-hydrogen) atoms. The largest absolute Gasteiger partial charge is 0.223 e. The minimum Gasteiger partial charge on any atom is -0.223 e. The van der Waals surface area contributed by atoms with Gasteiger partial charge in [0.2, 0.25) is 0 Å².